The molecule has 0 atom stereocenters. The molecule has 0 aliphatic heterocycles. The smallest absolute Gasteiger partial charge is 0.450 e. The van der Waals surface area contributed by atoms with E-state index in [1.807, 2.05) is 0 Å². The number of halogens is 2. The van der Waals surface area contributed by atoms with Crippen molar-refractivity contribution in [2.24, 2.45) is 0 Å². The molecule has 5 heteroatoms. The first-order valence-corrected chi connectivity index (χ1v) is 2.47. The monoisotopic (exact) mass is 152 g/mol. The second-order valence-electron chi connectivity index (χ2n) is 1.42. The maximum Gasteiger partial charge on any atom is 0.505 e. The maximum atomic E-state index is 11.8. The summed E-state index contributed by atoms with van der Waals surface area (Å²) in [4.78, 5) is 9.61. The van der Waals surface area contributed by atoms with E-state index in [4.69, 9.17) is 5.11 Å². The molecular formula is C5H6F2O3. The molecule has 1 N–H and O–H groups in total. The molecule has 0 aliphatic carbocycles. The summed E-state index contributed by atoms with van der Waals surface area (Å²) in [6, 6.07) is 0. The van der Waals surface area contributed by atoms with E-state index in [1.165, 1.54) is 0 Å². The Balaban J connectivity index is 3.29. The lowest BCUT2D eigenvalue weighted by atomic mass is 10.4. The Kier molecular flexibility index (Phi) is 4.19. The summed E-state index contributed by atoms with van der Waals surface area (Å²) in [6.45, 7) is -0.360. The van der Waals surface area contributed by atoms with Crippen molar-refractivity contribution in [2.75, 3.05) is 6.61 Å². The van der Waals surface area contributed by atoms with Gasteiger partial charge in [-0.3, -0.25) is 0 Å². The molecule has 0 radical (unpaired) electrons. The van der Waals surface area contributed by atoms with Crippen LogP contribution in [0.4, 0.5) is 13.6 Å². The highest BCUT2D eigenvalue weighted by molar-refractivity contribution is 5.56. The Bertz CT molecular complexity index is 144. The molecule has 0 bridgehead atoms. The summed E-state index contributed by atoms with van der Waals surface area (Å²) in [5.74, 6) is -1.03. The van der Waals surface area contributed by atoms with E-state index in [2.05, 4.69) is 4.74 Å². The molecule has 3 nitrogen and oxygen atoms in total. The molecule has 0 unspecified atom stereocenters. The van der Waals surface area contributed by atoms with Crippen molar-refractivity contribution in [1.82, 2.24) is 0 Å². The first-order chi connectivity index (χ1) is 4.66. The number of carbonyl (C=O) groups is 1. The molecule has 0 aromatic heterocycles. The Morgan fingerprint density at radius 2 is 2.30 bits per heavy atom. The first-order valence-electron chi connectivity index (χ1n) is 2.47. The summed E-state index contributed by atoms with van der Waals surface area (Å²) in [6.07, 6.45) is -2.08. The lowest BCUT2D eigenvalue weighted by Gasteiger charge is -1.95. The summed E-state index contributed by atoms with van der Waals surface area (Å²) >= 11 is 0. The topological polar surface area (TPSA) is 46.5 Å². The van der Waals surface area contributed by atoms with Crippen LogP contribution in [0.5, 0.6) is 0 Å². The van der Waals surface area contributed by atoms with Crippen LogP contribution in [0, 0.1) is 0 Å². The van der Waals surface area contributed by atoms with E-state index in [-0.39, 0.29) is 19.4 Å². The molecule has 0 saturated heterocycles. The molecule has 0 rings (SSSR count). The molecule has 0 spiro atoms. The van der Waals surface area contributed by atoms with E-state index < -0.39 is 12.0 Å². The average Bonchev–Trinajstić information content (AvgIpc) is 1.87. The molecular weight excluding hydrogens is 146 g/mol. The normalized spacial score (nSPS) is 11.2. The highest BCUT2D eigenvalue weighted by atomic mass is 19.2. The Morgan fingerprint density at radius 3 is 2.70 bits per heavy atom. The molecule has 0 heterocycles. The van der Waals surface area contributed by atoms with Crippen LogP contribution in [0.3, 0.4) is 0 Å². The molecule has 0 aliphatic rings. The van der Waals surface area contributed by atoms with Gasteiger partial charge >= 0.3 is 6.16 Å². The largest absolute Gasteiger partial charge is 0.505 e. The van der Waals surface area contributed by atoms with Crippen LogP contribution < -0.4 is 0 Å². The van der Waals surface area contributed by atoms with Gasteiger partial charge in [-0.2, -0.15) is 0 Å². The van der Waals surface area contributed by atoms with Gasteiger partial charge in [0.2, 0.25) is 0 Å². The van der Waals surface area contributed by atoms with Gasteiger partial charge < -0.3 is 9.84 Å². The van der Waals surface area contributed by atoms with Crippen molar-refractivity contribution >= 4 is 6.16 Å². The Morgan fingerprint density at radius 1 is 1.70 bits per heavy atom. The van der Waals surface area contributed by atoms with E-state index in [1.54, 1.807) is 0 Å². The number of hydrogen-bond donors (Lipinski definition) is 1. The second-order valence-corrected chi connectivity index (χ2v) is 1.42. The zero-order chi connectivity index (χ0) is 7.98. The van der Waals surface area contributed by atoms with Crippen LogP contribution in [-0.4, -0.2) is 17.9 Å². The van der Waals surface area contributed by atoms with Crippen molar-refractivity contribution in [1.29, 1.82) is 0 Å². The van der Waals surface area contributed by atoms with Crippen molar-refractivity contribution in [3.63, 3.8) is 0 Å². The fourth-order valence-corrected chi connectivity index (χ4v) is 0.290. The van der Waals surface area contributed by atoms with Gasteiger partial charge in [-0.05, 0) is 0 Å². The number of rotatable bonds is 3. The lowest BCUT2D eigenvalue weighted by Crippen LogP contribution is -2.01. The van der Waals surface area contributed by atoms with Gasteiger partial charge in [0.15, 0.2) is 0 Å². The van der Waals surface area contributed by atoms with Crippen molar-refractivity contribution in [3.05, 3.63) is 12.2 Å². The predicted octanol–water partition coefficient (Wildman–Crippen LogP) is 1.85. The molecule has 0 aromatic rings. The highest BCUT2D eigenvalue weighted by Gasteiger charge is 1.98. The van der Waals surface area contributed by atoms with Crippen molar-refractivity contribution in [2.45, 2.75) is 6.42 Å². The van der Waals surface area contributed by atoms with Crippen molar-refractivity contribution < 1.29 is 23.4 Å². The van der Waals surface area contributed by atoms with Crippen LogP contribution in [0.2, 0.25) is 0 Å². The molecule has 58 valence electrons. The number of hydrogen-bond acceptors (Lipinski definition) is 2. The molecule has 0 aromatic carbocycles. The van der Waals surface area contributed by atoms with Crippen LogP contribution in [0.1, 0.15) is 6.42 Å². The maximum absolute atomic E-state index is 11.8. The first kappa shape index (κ1) is 8.87. The SMILES string of the molecule is O=C(O)OCCC(F)=CF. The summed E-state index contributed by atoms with van der Waals surface area (Å²) in [5, 5.41) is 7.84. The Hall–Kier alpha value is -1.13. The third-order valence-electron chi connectivity index (χ3n) is 0.685. The molecule has 0 fully saturated rings. The van der Waals surface area contributed by atoms with Gasteiger partial charge in [0, 0.05) is 6.42 Å². The fraction of sp³-hybridized carbons (Fsp3) is 0.400. The average molecular weight is 152 g/mol. The number of carboxylic acid groups (broad SMARTS) is 1. The molecule has 10 heavy (non-hydrogen) atoms. The van der Waals surface area contributed by atoms with Gasteiger partial charge in [-0.1, -0.05) is 0 Å². The van der Waals surface area contributed by atoms with Gasteiger partial charge in [0.25, 0.3) is 0 Å². The Labute approximate surface area is 55.9 Å². The zero-order valence-electron chi connectivity index (χ0n) is 5.01. The van der Waals surface area contributed by atoms with E-state index in [9.17, 15) is 13.6 Å². The fourth-order valence-electron chi connectivity index (χ4n) is 0.290. The zero-order valence-corrected chi connectivity index (χ0v) is 5.01. The van der Waals surface area contributed by atoms with Crippen LogP contribution in [-0.2, 0) is 4.74 Å². The quantitative estimate of drug-likeness (QED) is 0.627. The molecule has 0 saturated carbocycles. The van der Waals surface area contributed by atoms with Gasteiger partial charge in [0.1, 0.15) is 18.8 Å². The number of ether oxygens (including phenoxy) is 1. The van der Waals surface area contributed by atoms with Crippen LogP contribution in [0.25, 0.3) is 0 Å². The van der Waals surface area contributed by atoms with Crippen LogP contribution >= 0.6 is 0 Å². The third kappa shape index (κ3) is 5.02. The van der Waals surface area contributed by atoms with Gasteiger partial charge in [-0.15, -0.1) is 0 Å². The lowest BCUT2D eigenvalue weighted by molar-refractivity contribution is 0.0914. The summed E-state index contributed by atoms with van der Waals surface area (Å²) in [7, 11) is 0. The van der Waals surface area contributed by atoms with E-state index in [0.29, 0.717) is 0 Å². The molecule has 0 amide bonds. The van der Waals surface area contributed by atoms with Gasteiger partial charge in [-0.25, -0.2) is 13.6 Å². The summed E-state index contributed by atoms with van der Waals surface area (Å²) < 4.78 is 26.9. The van der Waals surface area contributed by atoms with Crippen LogP contribution in [0.15, 0.2) is 12.2 Å². The predicted molar refractivity (Wildman–Crippen MR) is 28.9 cm³/mol. The van der Waals surface area contributed by atoms with Crippen molar-refractivity contribution in [3.8, 4) is 0 Å². The minimum absolute atomic E-state index is 0.231. The minimum Gasteiger partial charge on any atom is -0.450 e. The van der Waals surface area contributed by atoms with Gasteiger partial charge in [0.05, 0.1) is 0 Å². The van der Waals surface area contributed by atoms with E-state index >= 15 is 0 Å². The third-order valence-corrected chi connectivity index (χ3v) is 0.685. The van der Waals surface area contributed by atoms with E-state index in [0.717, 1.165) is 0 Å². The second kappa shape index (κ2) is 4.72. The minimum atomic E-state index is -1.49. The summed E-state index contributed by atoms with van der Waals surface area (Å²) in [5.41, 5.74) is 0. The highest BCUT2D eigenvalue weighted by Crippen LogP contribution is 2.02. The standard InChI is InChI=1S/C5H6F2O3/c6-3-4(7)1-2-10-5(8)9/h3H,1-2H2,(H,8,9).